The SMILES string of the molecule is Cc1cnc(-c2ccnc(C(C)(C)O)n2)cc1-c1c(C)nc(OCc2ncc(F)cc2F)c(Cl)c1F. The van der Waals surface area contributed by atoms with E-state index in [0.717, 1.165) is 6.20 Å². The number of halogens is 4. The van der Waals surface area contributed by atoms with Crippen LogP contribution in [-0.4, -0.2) is 30.0 Å². The van der Waals surface area contributed by atoms with E-state index >= 15 is 4.39 Å². The number of rotatable bonds is 6. The van der Waals surface area contributed by atoms with Crippen molar-refractivity contribution < 1.29 is 23.0 Å². The van der Waals surface area contributed by atoms with Gasteiger partial charge in [0.2, 0.25) is 5.88 Å². The van der Waals surface area contributed by atoms with Crippen LogP contribution in [0.5, 0.6) is 5.88 Å². The maximum absolute atomic E-state index is 15.5. The summed E-state index contributed by atoms with van der Waals surface area (Å²) in [5, 5.41) is 9.84. The molecule has 0 bridgehead atoms. The van der Waals surface area contributed by atoms with E-state index in [4.69, 9.17) is 16.3 Å². The molecule has 0 aliphatic heterocycles. The Balaban J connectivity index is 1.71. The second-order valence-corrected chi connectivity index (χ2v) is 8.96. The molecule has 0 atom stereocenters. The van der Waals surface area contributed by atoms with E-state index < -0.39 is 34.7 Å². The second kappa shape index (κ2) is 9.79. The Morgan fingerprint density at radius 2 is 1.75 bits per heavy atom. The lowest BCUT2D eigenvalue weighted by Gasteiger charge is -2.17. The molecule has 0 aliphatic carbocycles. The van der Waals surface area contributed by atoms with Gasteiger partial charge in [0.25, 0.3) is 0 Å². The van der Waals surface area contributed by atoms with Crippen molar-refractivity contribution in [3.8, 4) is 28.4 Å². The molecule has 0 fully saturated rings. The summed E-state index contributed by atoms with van der Waals surface area (Å²) >= 11 is 6.23. The number of nitrogens with zero attached hydrogens (tertiary/aromatic N) is 5. The van der Waals surface area contributed by atoms with Crippen LogP contribution in [0.15, 0.2) is 36.8 Å². The topological polar surface area (TPSA) is 93.9 Å². The van der Waals surface area contributed by atoms with Gasteiger partial charge in [-0.2, -0.15) is 0 Å². The van der Waals surface area contributed by atoms with Crippen molar-refractivity contribution in [2.24, 2.45) is 0 Å². The van der Waals surface area contributed by atoms with Crippen LogP contribution in [0.25, 0.3) is 22.5 Å². The first-order valence-electron chi connectivity index (χ1n) is 10.8. The summed E-state index contributed by atoms with van der Waals surface area (Å²) in [4.78, 5) is 20.8. The van der Waals surface area contributed by atoms with Gasteiger partial charge in [0.05, 0.1) is 23.3 Å². The number of pyridine rings is 3. The lowest BCUT2D eigenvalue weighted by Crippen LogP contribution is -2.19. The van der Waals surface area contributed by atoms with Gasteiger partial charge in [0.1, 0.15) is 28.7 Å². The van der Waals surface area contributed by atoms with Crippen LogP contribution in [0, 0.1) is 31.3 Å². The largest absolute Gasteiger partial charge is 0.470 e. The molecule has 7 nitrogen and oxygen atoms in total. The maximum atomic E-state index is 15.5. The molecule has 4 aromatic heterocycles. The van der Waals surface area contributed by atoms with E-state index in [1.165, 1.54) is 6.20 Å². The average molecular weight is 516 g/mol. The number of hydrogen-bond acceptors (Lipinski definition) is 7. The molecule has 0 spiro atoms. The van der Waals surface area contributed by atoms with Crippen molar-refractivity contribution in [3.05, 3.63) is 82.0 Å². The summed E-state index contributed by atoms with van der Waals surface area (Å²) in [5.74, 6) is -2.56. The van der Waals surface area contributed by atoms with Gasteiger partial charge in [-0.25, -0.2) is 28.1 Å². The normalized spacial score (nSPS) is 11.6. The highest BCUT2D eigenvalue weighted by molar-refractivity contribution is 6.32. The Kier molecular flexibility index (Phi) is 6.92. The van der Waals surface area contributed by atoms with Gasteiger partial charge >= 0.3 is 0 Å². The zero-order chi connectivity index (χ0) is 26.2. The fourth-order valence-corrected chi connectivity index (χ4v) is 3.63. The molecular weight excluding hydrogens is 495 g/mol. The lowest BCUT2D eigenvalue weighted by molar-refractivity contribution is 0.0688. The van der Waals surface area contributed by atoms with E-state index in [9.17, 15) is 13.9 Å². The molecular formula is C25H21ClF3N5O2. The molecule has 0 saturated carbocycles. The zero-order valence-electron chi connectivity index (χ0n) is 19.8. The predicted molar refractivity (Wildman–Crippen MR) is 127 cm³/mol. The van der Waals surface area contributed by atoms with Crippen molar-refractivity contribution >= 4 is 11.6 Å². The second-order valence-electron chi connectivity index (χ2n) is 8.59. The van der Waals surface area contributed by atoms with Crippen LogP contribution in [0.2, 0.25) is 5.02 Å². The molecule has 0 aromatic carbocycles. The molecule has 11 heteroatoms. The first-order chi connectivity index (χ1) is 17.0. The highest BCUT2D eigenvalue weighted by Crippen LogP contribution is 2.37. The van der Waals surface area contributed by atoms with E-state index in [-0.39, 0.29) is 28.7 Å². The Bertz CT molecular complexity index is 1460. The summed E-state index contributed by atoms with van der Waals surface area (Å²) in [6.45, 7) is 6.05. The number of aryl methyl sites for hydroxylation is 2. The minimum absolute atomic E-state index is 0.136. The molecule has 0 radical (unpaired) electrons. The molecule has 1 N–H and O–H groups in total. The van der Waals surface area contributed by atoms with Crippen LogP contribution >= 0.6 is 11.6 Å². The number of hydrogen-bond donors (Lipinski definition) is 1. The van der Waals surface area contributed by atoms with Crippen LogP contribution in [0.1, 0.15) is 36.6 Å². The number of aliphatic hydroxyl groups is 1. The summed E-state index contributed by atoms with van der Waals surface area (Å²) in [6, 6.07) is 3.94. The third-order valence-corrected chi connectivity index (χ3v) is 5.63. The van der Waals surface area contributed by atoms with Gasteiger partial charge in [-0.15, -0.1) is 0 Å². The van der Waals surface area contributed by atoms with Crippen molar-refractivity contribution in [1.29, 1.82) is 0 Å². The highest BCUT2D eigenvalue weighted by atomic mass is 35.5. The summed E-state index contributed by atoms with van der Waals surface area (Å²) in [7, 11) is 0. The van der Waals surface area contributed by atoms with Crippen molar-refractivity contribution in [2.75, 3.05) is 0 Å². The average Bonchev–Trinajstić information content (AvgIpc) is 2.82. The molecule has 0 saturated heterocycles. The predicted octanol–water partition coefficient (Wildman–Crippen LogP) is 5.49. The van der Waals surface area contributed by atoms with Crippen LogP contribution in [0.3, 0.4) is 0 Å². The number of aromatic nitrogens is 5. The zero-order valence-corrected chi connectivity index (χ0v) is 20.5. The minimum Gasteiger partial charge on any atom is -0.470 e. The summed E-state index contributed by atoms with van der Waals surface area (Å²) in [6.07, 6.45) is 3.92. The fourth-order valence-electron chi connectivity index (χ4n) is 3.44. The van der Waals surface area contributed by atoms with E-state index in [0.29, 0.717) is 28.6 Å². The quantitative estimate of drug-likeness (QED) is 0.363. The molecule has 0 unspecified atom stereocenters. The molecule has 4 rings (SSSR count). The molecule has 4 aromatic rings. The van der Waals surface area contributed by atoms with E-state index in [1.54, 1.807) is 46.0 Å². The smallest absolute Gasteiger partial charge is 0.236 e. The van der Waals surface area contributed by atoms with E-state index in [2.05, 4.69) is 24.9 Å². The van der Waals surface area contributed by atoms with Crippen LogP contribution < -0.4 is 4.74 Å². The van der Waals surface area contributed by atoms with Gasteiger partial charge < -0.3 is 9.84 Å². The van der Waals surface area contributed by atoms with Gasteiger partial charge in [0, 0.05) is 24.0 Å². The van der Waals surface area contributed by atoms with Gasteiger partial charge in [0.15, 0.2) is 17.5 Å². The molecule has 36 heavy (non-hydrogen) atoms. The van der Waals surface area contributed by atoms with Gasteiger partial charge in [-0.1, -0.05) is 11.6 Å². The molecule has 0 amide bonds. The highest BCUT2D eigenvalue weighted by Gasteiger charge is 2.23. The molecule has 4 heterocycles. The van der Waals surface area contributed by atoms with Crippen molar-refractivity contribution in [3.63, 3.8) is 0 Å². The van der Waals surface area contributed by atoms with Gasteiger partial charge in [-0.05, 0) is 51.0 Å². The third kappa shape index (κ3) is 5.14. The Morgan fingerprint density at radius 1 is 1.00 bits per heavy atom. The Hall–Kier alpha value is -3.63. The lowest BCUT2D eigenvalue weighted by atomic mass is 9.99. The molecule has 0 aliphatic rings. The van der Waals surface area contributed by atoms with Crippen LogP contribution in [0.4, 0.5) is 13.2 Å². The van der Waals surface area contributed by atoms with E-state index in [1.807, 2.05) is 0 Å². The fraction of sp³-hybridized carbons (Fsp3) is 0.240. The Labute approximate surface area is 210 Å². The standard InChI is InChI=1S/C25H21ClF3N5O2/c1-12-9-31-18(17-5-6-30-24(34-17)25(3,4)35)8-15(12)20-13(2)33-23(21(26)22(20)29)36-11-19-16(28)7-14(27)10-32-19/h5-10,35H,11H2,1-4H3. The Morgan fingerprint density at radius 3 is 2.44 bits per heavy atom. The maximum Gasteiger partial charge on any atom is 0.236 e. The first kappa shape index (κ1) is 25.5. The first-order valence-corrected chi connectivity index (χ1v) is 11.1. The summed E-state index contributed by atoms with van der Waals surface area (Å²) in [5.41, 5.74) is 0.960. The van der Waals surface area contributed by atoms with Gasteiger partial charge in [-0.3, -0.25) is 9.97 Å². The molecule has 186 valence electrons. The minimum atomic E-state index is -1.26. The van der Waals surface area contributed by atoms with Crippen molar-refractivity contribution in [2.45, 2.75) is 39.9 Å². The summed E-state index contributed by atoms with van der Waals surface area (Å²) < 4.78 is 47.9. The number of ether oxygens (including phenoxy) is 1. The van der Waals surface area contributed by atoms with Crippen molar-refractivity contribution in [1.82, 2.24) is 24.9 Å². The third-order valence-electron chi connectivity index (χ3n) is 5.30. The van der Waals surface area contributed by atoms with Crippen LogP contribution in [-0.2, 0) is 12.2 Å². The monoisotopic (exact) mass is 515 g/mol.